The molecule has 2 aromatic heterocycles. The molecule has 4 rings (SSSR count). The van der Waals surface area contributed by atoms with Gasteiger partial charge in [0.2, 0.25) is 0 Å². The minimum Gasteiger partial charge on any atom is -0.268 e. The van der Waals surface area contributed by atoms with Gasteiger partial charge in [0, 0.05) is 15.8 Å². The lowest BCUT2D eigenvalue weighted by molar-refractivity contribution is 0.444. The van der Waals surface area contributed by atoms with E-state index in [-0.39, 0.29) is 16.8 Å². The van der Waals surface area contributed by atoms with Crippen molar-refractivity contribution in [3.05, 3.63) is 91.7 Å². The maximum absolute atomic E-state index is 14.5. The average molecular weight is 416 g/mol. The first kappa shape index (κ1) is 19.1. The fourth-order valence-corrected chi connectivity index (χ4v) is 3.75. The lowest BCUT2D eigenvalue weighted by Gasteiger charge is -2.12. The zero-order valence-corrected chi connectivity index (χ0v) is 15.7. The summed E-state index contributed by atoms with van der Waals surface area (Å²) < 4.78 is 56.5. The van der Waals surface area contributed by atoms with Gasteiger partial charge in [-0.15, -0.1) is 11.3 Å². The molecule has 8 heteroatoms. The van der Waals surface area contributed by atoms with Crippen LogP contribution in [0.5, 0.6) is 0 Å². The topological polar surface area (TPSA) is 34.9 Å². The largest absolute Gasteiger partial charge is 0.268 e. The third-order valence-electron chi connectivity index (χ3n) is 4.41. The fraction of sp³-hybridized carbons (Fsp3) is 0.0476. The smallest absolute Gasteiger partial charge is 0.267 e. The van der Waals surface area contributed by atoms with Crippen molar-refractivity contribution in [2.24, 2.45) is 0 Å². The van der Waals surface area contributed by atoms with Gasteiger partial charge in [-0.3, -0.25) is 9.36 Å². The van der Waals surface area contributed by atoms with E-state index in [2.05, 4.69) is 4.98 Å². The lowest BCUT2D eigenvalue weighted by Crippen LogP contribution is -2.23. The Balaban J connectivity index is 2.02. The minimum atomic E-state index is -1.69. The molecule has 0 radical (unpaired) electrons. The third-order valence-corrected chi connectivity index (χ3v) is 5.31. The van der Waals surface area contributed by atoms with Crippen LogP contribution in [-0.4, -0.2) is 9.55 Å². The highest BCUT2D eigenvalue weighted by molar-refractivity contribution is 7.11. The maximum atomic E-state index is 14.5. The SMILES string of the molecule is Cc1scc2nc(C=Cc3ccccc3F)n(-c3ccc(F)c(F)c3F)c(=O)c12. The van der Waals surface area contributed by atoms with Crippen molar-refractivity contribution in [1.82, 2.24) is 9.55 Å². The van der Waals surface area contributed by atoms with Gasteiger partial charge in [-0.25, -0.2) is 22.5 Å². The molecule has 0 amide bonds. The fourth-order valence-electron chi connectivity index (χ4n) is 2.98. The van der Waals surface area contributed by atoms with Crippen LogP contribution in [0.2, 0.25) is 0 Å². The van der Waals surface area contributed by atoms with Gasteiger partial charge in [-0.05, 0) is 37.3 Å². The molecule has 4 aromatic rings. The first-order chi connectivity index (χ1) is 13.9. The number of aromatic nitrogens is 2. The summed E-state index contributed by atoms with van der Waals surface area (Å²) in [6, 6.07) is 7.63. The van der Waals surface area contributed by atoms with E-state index in [0.29, 0.717) is 10.4 Å². The van der Waals surface area contributed by atoms with Gasteiger partial charge in [0.1, 0.15) is 11.6 Å². The van der Waals surface area contributed by atoms with Crippen LogP contribution in [0.1, 0.15) is 16.3 Å². The molecule has 146 valence electrons. The molecule has 0 aliphatic carbocycles. The number of halogens is 4. The number of hydrogen-bond acceptors (Lipinski definition) is 3. The Morgan fingerprint density at radius 3 is 2.48 bits per heavy atom. The molecular weight excluding hydrogens is 404 g/mol. The summed E-state index contributed by atoms with van der Waals surface area (Å²) in [4.78, 5) is 18.1. The van der Waals surface area contributed by atoms with Crippen LogP contribution in [-0.2, 0) is 0 Å². The summed E-state index contributed by atoms with van der Waals surface area (Å²) in [6.45, 7) is 1.71. The monoisotopic (exact) mass is 416 g/mol. The number of rotatable bonds is 3. The molecule has 0 atom stereocenters. The summed E-state index contributed by atoms with van der Waals surface area (Å²) in [6.07, 6.45) is 2.70. The summed E-state index contributed by atoms with van der Waals surface area (Å²) in [5, 5.41) is 1.92. The number of nitrogens with zero attached hydrogens (tertiary/aromatic N) is 2. The van der Waals surface area contributed by atoms with Crippen molar-refractivity contribution in [2.75, 3.05) is 0 Å². The highest BCUT2D eigenvalue weighted by Gasteiger charge is 2.20. The Morgan fingerprint density at radius 2 is 1.72 bits per heavy atom. The van der Waals surface area contributed by atoms with Crippen molar-refractivity contribution >= 4 is 34.4 Å². The Bertz CT molecular complexity index is 1340. The highest BCUT2D eigenvalue weighted by Crippen LogP contribution is 2.25. The molecule has 0 bridgehead atoms. The maximum Gasteiger partial charge on any atom is 0.267 e. The molecule has 3 nitrogen and oxygen atoms in total. The molecule has 0 saturated heterocycles. The third kappa shape index (κ3) is 3.25. The van der Waals surface area contributed by atoms with Crippen LogP contribution in [0.3, 0.4) is 0 Å². The molecule has 2 heterocycles. The first-order valence-corrected chi connectivity index (χ1v) is 9.33. The predicted molar refractivity (Wildman–Crippen MR) is 105 cm³/mol. The van der Waals surface area contributed by atoms with Gasteiger partial charge in [-0.2, -0.15) is 0 Å². The van der Waals surface area contributed by atoms with Crippen molar-refractivity contribution in [3.63, 3.8) is 0 Å². The van der Waals surface area contributed by atoms with Gasteiger partial charge in [0.15, 0.2) is 17.5 Å². The molecule has 0 spiro atoms. The average Bonchev–Trinajstić information content (AvgIpc) is 3.07. The predicted octanol–water partition coefficient (Wildman–Crippen LogP) is 5.48. The summed E-state index contributed by atoms with van der Waals surface area (Å²) in [5.74, 6) is -5.12. The van der Waals surface area contributed by atoms with Crippen LogP contribution >= 0.6 is 11.3 Å². The van der Waals surface area contributed by atoms with E-state index in [1.165, 1.54) is 41.7 Å². The molecule has 0 fully saturated rings. The quantitative estimate of drug-likeness (QED) is 0.327. The number of aryl methyl sites for hydroxylation is 1. The van der Waals surface area contributed by atoms with E-state index in [0.717, 1.165) is 16.7 Å². The second-order valence-corrected chi connectivity index (χ2v) is 7.30. The van der Waals surface area contributed by atoms with Gasteiger partial charge in [-0.1, -0.05) is 18.2 Å². The summed E-state index contributed by atoms with van der Waals surface area (Å²) >= 11 is 1.28. The van der Waals surface area contributed by atoms with E-state index in [1.807, 2.05) is 0 Å². The van der Waals surface area contributed by atoms with E-state index in [1.54, 1.807) is 18.4 Å². The molecule has 0 saturated carbocycles. The summed E-state index contributed by atoms with van der Waals surface area (Å²) in [7, 11) is 0. The lowest BCUT2D eigenvalue weighted by atomic mass is 10.2. The Labute approximate surface area is 166 Å². The van der Waals surface area contributed by atoms with Crippen LogP contribution in [0.4, 0.5) is 17.6 Å². The molecule has 0 aliphatic heterocycles. The number of thiophene rings is 1. The zero-order chi connectivity index (χ0) is 20.7. The molecule has 0 N–H and O–H groups in total. The van der Waals surface area contributed by atoms with Gasteiger partial charge < -0.3 is 0 Å². The number of fused-ring (bicyclic) bond motifs is 1. The standard InChI is InChI=1S/C21H12F4N2OS/c1-11-18-15(10-29-11)26-17(9-6-12-4-2-3-5-13(12)22)27(21(18)28)16-8-7-14(23)19(24)20(16)25/h2-10H,1H3. The zero-order valence-electron chi connectivity index (χ0n) is 14.9. The van der Waals surface area contributed by atoms with Crippen LogP contribution in [0.25, 0.3) is 28.7 Å². The van der Waals surface area contributed by atoms with E-state index >= 15 is 0 Å². The van der Waals surface area contributed by atoms with Crippen molar-refractivity contribution in [2.45, 2.75) is 6.92 Å². The van der Waals surface area contributed by atoms with Crippen LogP contribution in [0, 0.1) is 30.2 Å². The van der Waals surface area contributed by atoms with E-state index < -0.39 is 34.5 Å². The molecule has 29 heavy (non-hydrogen) atoms. The van der Waals surface area contributed by atoms with Crippen molar-refractivity contribution in [3.8, 4) is 5.69 Å². The molecule has 0 unspecified atom stereocenters. The molecular formula is C21H12F4N2OS. The second kappa shape index (κ2) is 7.29. The summed E-state index contributed by atoms with van der Waals surface area (Å²) in [5.41, 5.74) is -0.514. The van der Waals surface area contributed by atoms with Crippen molar-refractivity contribution < 1.29 is 17.6 Å². The van der Waals surface area contributed by atoms with Crippen molar-refractivity contribution in [1.29, 1.82) is 0 Å². The number of benzene rings is 2. The normalized spacial score (nSPS) is 11.6. The van der Waals surface area contributed by atoms with E-state index in [9.17, 15) is 22.4 Å². The molecule has 2 aromatic carbocycles. The van der Waals surface area contributed by atoms with Crippen LogP contribution < -0.4 is 5.56 Å². The number of hydrogen-bond donors (Lipinski definition) is 0. The Hall–Kier alpha value is -3.26. The Morgan fingerprint density at radius 1 is 0.966 bits per heavy atom. The van der Waals surface area contributed by atoms with E-state index in [4.69, 9.17) is 0 Å². The van der Waals surface area contributed by atoms with Gasteiger partial charge in [0.25, 0.3) is 5.56 Å². The van der Waals surface area contributed by atoms with Crippen LogP contribution in [0.15, 0.2) is 46.6 Å². The second-order valence-electron chi connectivity index (χ2n) is 6.21. The van der Waals surface area contributed by atoms with Gasteiger partial charge >= 0.3 is 0 Å². The highest BCUT2D eigenvalue weighted by atomic mass is 32.1. The minimum absolute atomic E-state index is 0.0477. The Kier molecular flexibility index (Phi) is 4.79. The first-order valence-electron chi connectivity index (χ1n) is 8.46. The molecule has 0 aliphatic rings. The van der Waals surface area contributed by atoms with Gasteiger partial charge in [0.05, 0.1) is 16.6 Å².